The van der Waals surface area contributed by atoms with Crippen LogP contribution < -0.4 is 19.9 Å². The van der Waals surface area contributed by atoms with E-state index in [2.05, 4.69) is 29.2 Å². The molecule has 330 valence electrons. The Kier molecular flexibility index (Phi) is 13.6. The number of aromatic hydroxyl groups is 2. The number of fused-ring (bicyclic) bond motifs is 3. The van der Waals surface area contributed by atoms with E-state index < -0.39 is 95.7 Å². The van der Waals surface area contributed by atoms with Gasteiger partial charge in [-0.15, -0.1) is 0 Å². The molecule has 5 aromatic rings. The van der Waals surface area contributed by atoms with Gasteiger partial charge in [-0.2, -0.15) is 0 Å². The highest BCUT2D eigenvalue weighted by molar-refractivity contribution is 6.31. The molecule has 4 aromatic carbocycles. The number of aryl methyl sites for hydroxylation is 2. The molecule has 1 saturated heterocycles. The Morgan fingerprint density at radius 3 is 2.33 bits per heavy atom. The number of benzene rings is 4. The molecule has 2 aliphatic carbocycles. The number of hydrogen-bond acceptors (Lipinski definition) is 15. The molecule has 6 atom stereocenters. The number of pyridine rings is 1. The zero-order valence-corrected chi connectivity index (χ0v) is 35.0. The summed E-state index contributed by atoms with van der Waals surface area (Å²) in [7, 11) is 3.02. The molecule has 1 aliphatic heterocycles. The zero-order valence-electron chi connectivity index (χ0n) is 35.0. The fourth-order valence-corrected chi connectivity index (χ4v) is 8.34. The van der Waals surface area contributed by atoms with Crippen LogP contribution in [-0.2, 0) is 40.1 Å². The third-order valence-electron chi connectivity index (χ3n) is 11.7. The Bertz CT molecular complexity index is 2480. The highest BCUT2D eigenvalue weighted by Crippen LogP contribution is 2.52. The summed E-state index contributed by atoms with van der Waals surface area (Å²) >= 11 is 0. The van der Waals surface area contributed by atoms with Crippen molar-refractivity contribution in [1.29, 1.82) is 0 Å². The van der Waals surface area contributed by atoms with E-state index >= 15 is 0 Å². The number of nitrogens with two attached hydrogens (primary N) is 1. The quantitative estimate of drug-likeness (QED) is 0.0932. The number of ketones is 3. The Labute approximate surface area is 363 Å². The summed E-state index contributed by atoms with van der Waals surface area (Å²) in [5, 5.41) is 53.7. The van der Waals surface area contributed by atoms with E-state index in [4.69, 9.17) is 29.4 Å². The molecular formula is C48H50N2O13. The summed E-state index contributed by atoms with van der Waals surface area (Å²) in [5.74, 6) is -1.96. The maximum absolute atomic E-state index is 13.6. The molecule has 7 N–H and O–H groups in total. The fourth-order valence-electron chi connectivity index (χ4n) is 8.34. The van der Waals surface area contributed by atoms with E-state index in [0.29, 0.717) is 6.61 Å². The molecular weight excluding hydrogens is 813 g/mol. The van der Waals surface area contributed by atoms with Gasteiger partial charge in [-0.25, -0.2) is 0 Å². The molecule has 0 saturated carbocycles. The number of nitrogens with zero attached hydrogens (tertiary/aromatic N) is 1. The number of rotatable bonds is 12. The van der Waals surface area contributed by atoms with Crippen molar-refractivity contribution in [3.05, 3.63) is 141 Å². The second-order valence-corrected chi connectivity index (χ2v) is 15.7. The van der Waals surface area contributed by atoms with Crippen LogP contribution in [0.25, 0.3) is 0 Å². The van der Waals surface area contributed by atoms with E-state index in [1.807, 2.05) is 42.5 Å². The molecule has 0 spiro atoms. The molecule has 0 amide bonds. The van der Waals surface area contributed by atoms with Crippen molar-refractivity contribution in [3.8, 4) is 28.7 Å². The maximum atomic E-state index is 13.6. The largest absolute Gasteiger partial charge is 0.507 e. The van der Waals surface area contributed by atoms with Gasteiger partial charge in [0.1, 0.15) is 47.6 Å². The van der Waals surface area contributed by atoms with Crippen LogP contribution >= 0.6 is 0 Å². The van der Waals surface area contributed by atoms with E-state index in [-0.39, 0.29) is 34.4 Å². The Balaban J connectivity index is 0.000000212. The smallest absolute Gasteiger partial charge is 0.202 e. The number of hydrogen-bond donors (Lipinski definition) is 6. The van der Waals surface area contributed by atoms with Gasteiger partial charge in [0.05, 0.1) is 54.9 Å². The normalized spacial score (nSPS) is 22.4. The number of phenols is 2. The van der Waals surface area contributed by atoms with Gasteiger partial charge in [0.15, 0.2) is 17.9 Å². The number of ether oxygens (including phenoxy) is 5. The van der Waals surface area contributed by atoms with Crippen molar-refractivity contribution < 1.29 is 63.6 Å². The predicted octanol–water partition coefficient (Wildman–Crippen LogP) is 4.46. The number of aliphatic hydroxyl groups is 3. The van der Waals surface area contributed by atoms with Crippen molar-refractivity contribution in [1.82, 2.24) is 4.98 Å². The molecule has 0 bridgehead atoms. The third-order valence-corrected chi connectivity index (χ3v) is 11.7. The molecule has 0 radical (unpaired) electrons. The first-order valence-corrected chi connectivity index (χ1v) is 20.5. The van der Waals surface area contributed by atoms with Crippen molar-refractivity contribution in [2.75, 3.05) is 20.8 Å². The van der Waals surface area contributed by atoms with Crippen LogP contribution in [0.4, 0.5) is 0 Å². The van der Waals surface area contributed by atoms with Crippen LogP contribution in [0.1, 0.15) is 85.7 Å². The van der Waals surface area contributed by atoms with Gasteiger partial charge < -0.3 is 55.0 Å². The topological polar surface area (TPSA) is 237 Å². The van der Waals surface area contributed by atoms with Crippen LogP contribution in [0.3, 0.4) is 0 Å². The highest BCUT2D eigenvalue weighted by Gasteiger charge is 2.50. The molecule has 15 heteroatoms. The van der Waals surface area contributed by atoms with Crippen LogP contribution in [0, 0.1) is 0 Å². The van der Waals surface area contributed by atoms with Gasteiger partial charge in [0, 0.05) is 48.2 Å². The molecule has 3 aliphatic rings. The molecule has 63 heavy (non-hydrogen) atoms. The first-order valence-electron chi connectivity index (χ1n) is 20.5. The summed E-state index contributed by atoms with van der Waals surface area (Å²) < 4.78 is 28.2. The van der Waals surface area contributed by atoms with Crippen LogP contribution in [-0.4, -0.2) is 98.8 Å². The molecule has 0 unspecified atom stereocenters. The maximum Gasteiger partial charge on any atom is 0.202 e. The van der Waals surface area contributed by atoms with Crippen molar-refractivity contribution in [3.63, 3.8) is 0 Å². The monoisotopic (exact) mass is 862 g/mol. The van der Waals surface area contributed by atoms with Crippen molar-refractivity contribution in [2.24, 2.45) is 5.73 Å². The number of methoxy groups -OCH3 is 2. The Morgan fingerprint density at radius 1 is 0.889 bits per heavy atom. The standard InChI is InChI=1S/C27H29NO11.C21H21NO2/c1-10-22(31)13(28)6-17(38-10)39-15-8-27(36,16(30)9-29)7-12-19(15)26(35)21-20(24(12)33)23(32)11-4-3-5-14(37-2)18(11)25(21)34;1-23-20-10-6-7-17(15-20)12-13-18-8-2-3-11-21(18)24-16-19-9-4-5-14-22-19/h3-5,10,13,15,17,22,29,31,33,35-36H,6-9,28H2,1-2H3;2-11,14-15H,12-13,16H2,1H3/t10-,13-,15-,17-,22+,27-;/m0./s1. The number of Topliss-reactive ketones (excluding diaryl/α,β-unsaturated/α-hetero) is 1. The fraction of sp³-hybridized carbons (Fsp3) is 0.333. The summed E-state index contributed by atoms with van der Waals surface area (Å²) in [6.45, 7) is 1.04. The van der Waals surface area contributed by atoms with Gasteiger partial charge in [-0.3, -0.25) is 19.4 Å². The van der Waals surface area contributed by atoms with Crippen molar-refractivity contribution >= 4 is 17.3 Å². The summed E-state index contributed by atoms with van der Waals surface area (Å²) in [4.78, 5) is 44.0. The first kappa shape index (κ1) is 44.8. The lowest BCUT2D eigenvalue weighted by molar-refractivity contribution is -0.247. The minimum absolute atomic E-state index is 0.0173. The average molecular weight is 863 g/mol. The number of carbonyl (C=O) groups is 3. The van der Waals surface area contributed by atoms with Crippen LogP contribution in [0.15, 0.2) is 91.1 Å². The van der Waals surface area contributed by atoms with Crippen LogP contribution in [0.2, 0.25) is 0 Å². The summed E-state index contributed by atoms with van der Waals surface area (Å²) in [6, 6.07) is 25.9. The second kappa shape index (κ2) is 19.0. The minimum Gasteiger partial charge on any atom is -0.507 e. The van der Waals surface area contributed by atoms with E-state index in [1.165, 1.54) is 36.4 Å². The lowest BCUT2D eigenvalue weighted by atomic mass is 9.72. The van der Waals surface area contributed by atoms with Crippen LogP contribution in [0.5, 0.6) is 28.7 Å². The number of para-hydroxylation sites is 1. The number of phenolic OH excluding ortho intramolecular Hbond substituents is 2. The molecule has 15 nitrogen and oxygen atoms in total. The minimum atomic E-state index is -2.24. The summed E-state index contributed by atoms with van der Waals surface area (Å²) in [6.07, 6.45) is -1.47. The first-order chi connectivity index (χ1) is 30.3. The predicted molar refractivity (Wildman–Crippen MR) is 227 cm³/mol. The van der Waals surface area contributed by atoms with Gasteiger partial charge in [-0.05, 0) is 67.3 Å². The Morgan fingerprint density at radius 2 is 1.62 bits per heavy atom. The van der Waals surface area contributed by atoms with Gasteiger partial charge in [-0.1, -0.05) is 48.5 Å². The average Bonchev–Trinajstić information content (AvgIpc) is 3.29. The number of aromatic nitrogens is 1. The zero-order chi connectivity index (χ0) is 45.0. The second-order valence-electron chi connectivity index (χ2n) is 15.7. The molecule has 8 rings (SSSR count). The number of aliphatic hydroxyl groups excluding tert-OH is 2. The Hall–Kier alpha value is -6.20. The molecule has 2 heterocycles. The SMILES string of the molecule is COc1cccc(CCc2ccccc2OCc2ccccn2)c1.COc1cccc2c1C(=O)c1c(O)c3c(c(O)c1C2=O)C[C@@](O)(C(=O)CO)C[C@@H]3O[C@H]1C[C@H](N)[C@H](O)[C@H](C)O1. The van der Waals surface area contributed by atoms with Gasteiger partial charge in [0.2, 0.25) is 5.78 Å². The molecule has 1 aromatic heterocycles. The number of carbonyl (C=O) groups excluding carboxylic acids is 3. The van der Waals surface area contributed by atoms with E-state index in [0.717, 1.165) is 30.0 Å². The highest BCUT2D eigenvalue weighted by atomic mass is 16.7. The lowest BCUT2D eigenvalue weighted by Crippen LogP contribution is -2.53. The van der Waals surface area contributed by atoms with E-state index in [1.54, 1.807) is 20.2 Å². The summed E-state index contributed by atoms with van der Waals surface area (Å²) in [5.41, 5.74) is 5.77. The lowest BCUT2D eigenvalue weighted by Gasteiger charge is -2.42. The third kappa shape index (κ3) is 9.16. The van der Waals surface area contributed by atoms with Gasteiger partial charge >= 0.3 is 0 Å². The molecule has 1 fully saturated rings. The van der Waals surface area contributed by atoms with Gasteiger partial charge in [0.25, 0.3) is 0 Å². The van der Waals surface area contributed by atoms with E-state index in [9.17, 15) is 39.9 Å². The van der Waals surface area contributed by atoms with Crippen molar-refractivity contribution in [2.45, 2.75) is 81.9 Å².